The van der Waals surface area contributed by atoms with E-state index >= 15 is 0 Å². The van der Waals surface area contributed by atoms with Crippen molar-refractivity contribution in [2.45, 2.75) is 50.6 Å². The van der Waals surface area contributed by atoms with Crippen LogP contribution >= 0.6 is 11.3 Å². The van der Waals surface area contributed by atoms with Crippen LogP contribution in [0.25, 0.3) is 0 Å². The van der Waals surface area contributed by atoms with E-state index in [0.717, 1.165) is 30.4 Å². The van der Waals surface area contributed by atoms with Crippen LogP contribution in [0.2, 0.25) is 0 Å². The van der Waals surface area contributed by atoms with Gasteiger partial charge in [-0.1, -0.05) is 11.3 Å². The number of nitrogens with zero attached hydrogens (tertiary/aromatic N) is 2. The number of carbonyl (C=O) groups excluding carboxylic acids is 1. The maximum absolute atomic E-state index is 12.7. The normalized spacial score (nSPS) is 21.8. The lowest BCUT2D eigenvalue weighted by molar-refractivity contribution is 0.0740. The minimum atomic E-state index is 0.0956. The molecule has 1 heterocycles. The molecule has 3 saturated carbocycles. The van der Waals surface area contributed by atoms with Gasteiger partial charge in [0, 0.05) is 18.6 Å². The van der Waals surface area contributed by atoms with Crippen molar-refractivity contribution in [3.63, 3.8) is 0 Å². The lowest BCUT2D eigenvalue weighted by atomic mass is 10.3. The fraction of sp³-hybridized carbons (Fsp3) is 0.714. The largest absolute Gasteiger partial charge is 0.382 e. The highest BCUT2D eigenvalue weighted by molar-refractivity contribution is 7.18. The predicted molar refractivity (Wildman–Crippen MR) is 80.0 cm³/mol. The summed E-state index contributed by atoms with van der Waals surface area (Å²) in [6.07, 6.45) is 7.21. The van der Waals surface area contributed by atoms with Gasteiger partial charge >= 0.3 is 0 Å². The highest BCUT2D eigenvalue weighted by Crippen LogP contribution is 2.38. The van der Waals surface area contributed by atoms with Crippen molar-refractivity contribution < 1.29 is 4.79 Å². The van der Waals surface area contributed by atoms with Crippen LogP contribution in [0.1, 0.15) is 48.2 Å². The number of nitrogens with one attached hydrogen (secondary N) is 1. The molecule has 6 heteroatoms. The van der Waals surface area contributed by atoms with Crippen molar-refractivity contribution in [3.8, 4) is 0 Å². The first-order valence-electron chi connectivity index (χ1n) is 7.54. The van der Waals surface area contributed by atoms with Gasteiger partial charge in [-0.15, -0.1) is 0 Å². The fourth-order valence-corrected chi connectivity index (χ4v) is 3.36. The van der Waals surface area contributed by atoms with E-state index in [2.05, 4.69) is 10.3 Å². The van der Waals surface area contributed by atoms with Crippen molar-refractivity contribution in [2.24, 2.45) is 5.92 Å². The lowest BCUT2D eigenvalue weighted by Crippen LogP contribution is -2.34. The summed E-state index contributed by atoms with van der Waals surface area (Å²) in [5.74, 6) is 1.21. The Balaban J connectivity index is 1.51. The first-order valence-corrected chi connectivity index (χ1v) is 8.36. The third-order valence-electron chi connectivity index (χ3n) is 4.15. The molecule has 0 aromatic carbocycles. The highest BCUT2D eigenvalue weighted by Gasteiger charge is 2.38. The van der Waals surface area contributed by atoms with Gasteiger partial charge in [0.05, 0.1) is 0 Å². The Morgan fingerprint density at radius 1 is 1.30 bits per heavy atom. The minimum Gasteiger partial charge on any atom is -0.382 e. The summed E-state index contributed by atoms with van der Waals surface area (Å²) in [7, 11) is 0. The number of nitrogens with two attached hydrogens (primary N) is 1. The molecule has 1 aromatic rings. The summed E-state index contributed by atoms with van der Waals surface area (Å²) in [4.78, 5) is 19.7. The van der Waals surface area contributed by atoms with Gasteiger partial charge in [-0.05, 0) is 44.4 Å². The summed E-state index contributed by atoms with van der Waals surface area (Å²) < 4.78 is 0. The number of hydrogen-bond donors (Lipinski definition) is 2. The monoisotopic (exact) mass is 292 g/mol. The molecule has 0 aliphatic heterocycles. The van der Waals surface area contributed by atoms with Crippen LogP contribution in [-0.2, 0) is 0 Å². The summed E-state index contributed by atoms with van der Waals surface area (Å²) >= 11 is 1.42. The molecule has 1 aromatic heterocycles. The molecule has 5 nitrogen and oxygen atoms in total. The van der Waals surface area contributed by atoms with Gasteiger partial charge in [-0.25, -0.2) is 4.98 Å². The molecule has 20 heavy (non-hydrogen) atoms. The molecule has 0 spiro atoms. The third-order valence-corrected chi connectivity index (χ3v) is 5.14. The Kier molecular flexibility index (Phi) is 2.87. The second kappa shape index (κ2) is 4.62. The number of amides is 1. The standard InChI is InChI=1S/C14H20N4OS/c15-12-11(20-14(17-12)16-9-3-4-9)13(19)18(10-5-6-10)7-8-1-2-8/h8-10H,1-7,15H2,(H,16,17). The number of hydrogen-bond acceptors (Lipinski definition) is 5. The van der Waals surface area contributed by atoms with Gasteiger partial charge in [-0.2, -0.15) is 0 Å². The van der Waals surface area contributed by atoms with E-state index in [4.69, 9.17) is 5.73 Å². The Bertz CT molecular complexity index is 531. The van der Waals surface area contributed by atoms with Crippen molar-refractivity contribution in [1.82, 2.24) is 9.88 Å². The second-order valence-electron chi connectivity index (χ2n) is 6.28. The topological polar surface area (TPSA) is 71.2 Å². The minimum absolute atomic E-state index is 0.0956. The van der Waals surface area contributed by atoms with E-state index in [0.29, 0.717) is 22.8 Å². The molecule has 108 valence electrons. The van der Waals surface area contributed by atoms with Crippen LogP contribution < -0.4 is 11.1 Å². The van der Waals surface area contributed by atoms with Crippen molar-refractivity contribution >= 4 is 28.2 Å². The molecule has 4 rings (SSSR count). The Morgan fingerprint density at radius 2 is 2.05 bits per heavy atom. The van der Waals surface area contributed by atoms with Crippen molar-refractivity contribution in [1.29, 1.82) is 0 Å². The summed E-state index contributed by atoms with van der Waals surface area (Å²) in [6, 6.07) is 0.985. The zero-order chi connectivity index (χ0) is 13.7. The van der Waals surface area contributed by atoms with Crippen LogP contribution in [0, 0.1) is 5.92 Å². The number of anilines is 2. The molecule has 0 radical (unpaired) electrons. The van der Waals surface area contributed by atoms with Gasteiger partial charge in [0.1, 0.15) is 10.7 Å². The van der Waals surface area contributed by atoms with E-state index in [1.807, 2.05) is 4.90 Å². The average molecular weight is 292 g/mol. The van der Waals surface area contributed by atoms with Crippen molar-refractivity contribution in [2.75, 3.05) is 17.6 Å². The third kappa shape index (κ3) is 2.61. The van der Waals surface area contributed by atoms with Crippen LogP contribution in [0.3, 0.4) is 0 Å². The summed E-state index contributed by atoms with van der Waals surface area (Å²) in [5.41, 5.74) is 5.96. The van der Waals surface area contributed by atoms with Crippen molar-refractivity contribution in [3.05, 3.63) is 4.88 Å². The maximum atomic E-state index is 12.7. The van der Waals surface area contributed by atoms with Gasteiger partial charge in [-0.3, -0.25) is 4.79 Å². The fourth-order valence-electron chi connectivity index (χ4n) is 2.44. The summed E-state index contributed by atoms with van der Waals surface area (Å²) in [6.45, 7) is 0.909. The van der Waals surface area contributed by atoms with Gasteiger partial charge < -0.3 is 16.0 Å². The Hall–Kier alpha value is -1.30. The quantitative estimate of drug-likeness (QED) is 0.844. The average Bonchev–Trinajstić information content (AvgIpc) is 3.24. The molecule has 1 amide bonds. The van der Waals surface area contributed by atoms with Crippen LogP contribution in [-0.4, -0.2) is 34.4 Å². The van der Waals surface area contributed by atoms with Gasteiger partial charge in [0.2, 0.25) is 0 Å². The number of rotatable bonds is 6. The predicted octanol–water partition coefficient (Wildman–Crippen LogP) is 2.31. The SMILES string of the molecule is Nc1nc(NC2CC2)sc1C(=O)N(CC1CC1)C1CC1. The zero-order valence-electron chi connectivity index (χ0n) is 11.5. The number of nitrogen functional groups attached to an aromatic ring is 1. The summed E-state index contributed by atoms with van der Waals surface area (Å²) in [5, 5.41) is 4.13. The molecule has 0 saturated heterocycles. The first-order chi connectivity index (χ1) is 9.70. The molecule has 3 N–H and O–H groups in total. The molecular weight excluding hydrogens is 272 g/mol. The number of carbonyl (C=O) groups is 1. The van der Waals surface area contributed by atoms with E-state index < -0.39 is 0 Å². The van der Waals surface area contributed by atoms with E-state index in [9.17, 15) is 4.79 Å². The van der Waals surface area contributed by atoms with Crippen LogP contribution in [0.15, 0.2) is 0 Å². The zero-order valence-corrected chi connectivity index (χ0v) is 12.3. The Morgan fingerprint density at radius 3 is 2.65 bits per heavy atom. The van der Waals surface area contributed by atoms with Gasteiger partial charge in [0.15, 0.2) is 5.13 Å². The molecular formula is C14H20N4OS. The van der Waals surface area contributed by atoms with Crippen LogP contribution in [0.4, 0.5) is 10.9 Å². The maximum Gasteiger partial charge on any atom is 0.268 e. The van der Waals surface area contributed by atoms with E-state index in [-0.39, 0.29) is 5.91 Å². The Labute approximate surface area is 122 Å². The lowest BCUT2D eigenvalue weighted by Gasteiger charge is -2.21. The number of aromatic nitrogens is 1. The molecule has 3 aliphatic rings. The second-order valence-corrected chi connectivity index (χ2v) is 7.28. The van der Waals surface area contributed by atoms with Crippen LogP contribution in [0.5, 0.6) is 0 Å². The molecule has 0 atom stereocenters. The van der Waals surface area contributed by atoms with Gasteiger partial charge in [0.25, 0.3) is 5.91 Å². The van der Waals surface area contributed by atoms with E-state index in [1.54, 1.807) is 0 Å². The molecule has 0 unspecified atom stereocenters. The molecule has 3 fully saturated rings. The molecule has 3 aliphatic carbocycles. The highest BCUT2D eigenvalue weighted by atomic mass is 32.1. The van der Waals surface area contributed by atoms with E-state index in [1.165, 1.54) is 37.0 Å². The smallest absolute Gasteiger partial charge is 0.268 e. The first kappa shape index (κ1) is 12.4. The molecule has 0 bridgehead atoms. The number of thiazole rings is 1.